The molecule has 0 spiro atoms. The lowest BCUT2D eigenvalue weighted by Crippen LogP contribution is -2.38. The normalized spacial score (nSPS) is 16.2. The Kier molecular flexibility index (Phi) is 5.88. The molecule has 24 heavy (non-hydrogen) atoms. The van der Waals surface area contributed by atoms with Gasteiger partial charge < -0.3 is 10.6 Å². The van der Waals surface area contributed by atoms with E-state index in [0.29, 0.717) is 12.6 Å². The van der Waals surface area contributed by atoms with Gasteiger partial charge in [-0.1, -0.05) is 62.4 Å². The van der Waals surface area contributed by atoms with E-state index in [4.69, 9.17) is 0 Å². The summed E-state index contributed by atoms with van der Waals surface area (Å²) < 4.78 is 1.83. The highest BCUT2D eigenvalue weighted by Crippen LogP contribution is 2.17. The first kappa shape index (κ1) is 16.6. The Morgan fingerprint density at radius 2 is 1.79 bits per heavy atom. The lowest BCUT2D eigenvalue weighted by atomic mass is 9.97. The number of urea groups is 1. The number of amides is 2. The Morgan fingerprint density at radius 3 is 2.54 bits per heavy atom. The second kappa shape index (κ2) is 8.52. The number of rotatable bonds is 4. The van der Waals surface area contributed by atoms with Gasteiger partial charge in [0.25, 0.3) is 0 Å². The van der Waals surface area contributed by atoms with Crippen LogP contribution in [0.1, 0.15) is 50.5 Å². The highest BCUT2D eigenvalue weighted by atomic mass is 16.2. The average Bonchev–Trinajstić information content (AvgIpc) is 2.98. The standard InChI is InChI=1S/C19H26N4O/c24-19(21-17-11-7-2-1-3-8-12-17)22-18-13-20-23(15-18)14-16-9-5-4-6-10-16/h4-6,9-10,13,15,17H,1-3,7-8,11-12,14H2,(H2,21,22,24). The van der Waals surface area contributed by atoms with Crippen molar-refractivity contribution in [3.63, 3.8) is 0 Å². The van der Waals surface area contributed by atoms with Crippen LogP contribution in [-0.2, 0) is 6.54 Å². The Balaban J connectivity index is 1.49. The van der Waals surface area contributed by atoms with Gasteiger partial charge in [-0.25, -0.2) is 4.79 Å². The van der Waals surface area contributed by atoms with E-state index < -0.39 is 0 Å². The molecule has 1 saturated carbocycles. The van der Waals surface area contributed by atoms with E-state index in [0.717, 1.165) is 18.5 Å². The number of anilines is 1. The summed E-state index contributed by atoms with van der Waals surface area (Å²) in [5.74, 6) is 0. The predicted molar refractivity (Wildman–Crippen MR) is 96.0 cm³/mol. The Morgan fingerprint density at radius 1 is 1.08 bits per heavy atom. The van der Waals surface area contributed by atoms with E-state index >= 15 is 0 Å². The van der Waals surface area contributed by atoms with Gasteiger partial charge in [0.2, 0.25) is 0 Å². The first-order valence-electron chi connectivity index (χ1n) is 8.93. The zero-order valence-corrected chi connectivity index (χ0v) is 14.1. The first-order valence-corrected chi connectivity index (χ1v) is 8.93. The second-order valence-corrected chi connectivity index (χ2v) is 6.55. The third kappa shape index (κ3) is 5.11. The molecule has 0 saturated heterocycles. The molecule has 2 aromatic rings. The van der Waals surface area contributed by atoms with Gasteiger partial charge >= 0.3 is 6.03 Å². The van der Waals surface area contributed by atoms with E-state index in [-0.39, 0.29) is 6.03 Å². The third-order valence-electron chi connectivity index (χ3n) is 4.52. The summed E-state index contributed by atoms with van der Waals surface area (Å²) in [5.41, 5.74) is 1.92. The quantitative estimate of drug-likeness (QED) is 0.886. The number of carbonyl (C=O) groups is 1. The van der Waals surface area contributed by atoms with Crippen LogP contribution in [0.3, 0.4) is 0 Å². The van der Waals surface area contributed by atoms with Gasteiger partial charge in [0, 0.05) is 12.2 Å². The van der Waals surface area contributed by atoms with Crippen LogP contribution in [-0.4, -0.2) is 21.9 Å². The van der Waals surface area contributed by atoms with Crippen molar-refractivity contribution in [3.05, 3.63) is 48.3 Å². The summed E-state index contributed by atoms with van der Waals surface area (Å²) in [6.45, 7) is 0.701. The maximum atomic E-state index is 12.2. The molecule has 1 aromatic carbocycles. The number of hydrogen-bond donors (Lipinski definition) is 2. The molecule has 0 radical (unpaired) electrons. The molecular weight excluding hydrogens is 300 g/mol. The molecule has 1 fully saturated rings. The van der Waals surface area contributed by atoms with E-state index in [1.807, 2.05) is 29.1 Å². The fraction of sp³-hybridized carbons (Fsp3) is 0.474. The van der Waals surface area contributed by atoms with Crippen LogP contribution in [0.25, 0.3) is 0 Å². The topological polar surface area (TPSA) is 59.0 Å². The van der Waals surface area contributed by atoms with Crippen molar-refractivity contribution in [2.75, 3.05) is 5.32 Å². The van der Waals surface area contributed by atoms with Crippen LogP contribution in [0.5, 0.6) is 0 Å². The minimum absolute atomic E-state index is 0.125. The smallest absolute Gasteiger partial charge is 0.319 e. The van der Waals surface area contributed by atoms with Crippen molar-refractivity contribution < 1.29 is 4.79 Å². The molecule has 2 N–H and O–H groups in total. The second-order valence-electron chi connectivity index (χ2n) is 6.55. The monoisotopic (exact) mass is 326 g/mol. The Labute approximate surface area is 143 Å². The van der Waals surface area contributed by atoms with Gasteiger partial charge in [-0.3, -0.25) is 4.68 Å². The zero-order valence-electron chi connectivity index (χ0n) is 14.1. The van der Waals surface area contributed by atoms with E-state index in [9.17, 15) is 4.79 Å². The SMILES string of the molecule is O=C(Nc1cnn(Cc2ccccc2)c1)NC1CCCCCCC1. The van der Waals surface area contributed by atoms with Crippen molar-refractivity contribution >= 4 is 11.7 Å². The number of carbonyl (C=O) groups excluding carboxylic acids is 1. The fourth-order valence-corrected chi connectivity index (χ4v) is 3.24. The molecule has 1 heterocycles. The van der Waals surface area contributed by atoms with E-state index in [2.05, 4.69) is 27.9 Å². The fourth-order valence-electron chi connectivity index (χ4n) is 3.24. The highest BCUT2D eigenvalue weighted by Gasteiger charge is 2.14. The van der Waals surface area contributed by atoms with Crippen LogP contribution in [0, 0.1) is 0 Å². The Hall–Kier alpha value is -2.30. The molecule has 1 aliphatic carbocycles. The van der Waals surface area contributed by atoms with Gasteiger partial charge in [-0.2, -0.15) is 5.10 Å². The average molecular weight is 326 g/mol. The summed E-state index contributed by atoms with van der Waals surface area (Å²) in [6, 6.07) is 10.3. The number of hydrogen-bond acceptors (Lipinski definition) is 2. The lowest BCUT2D eigenvalue weighted by molar-refractivity contribution is 0.245. The highest BCUT2D eigenvalue weighted by molar-refractivity contribution is 5.89. The molecule has 2 amide bonds. The number of benzene rings is 1. The van der Waals surface area contributed by atoms with Gasteiger partial charge in [0.15, 0.2) is 0 Å². The van der Waals surface area contributed by atoms with Crippen LogP contribution in [0.2, 0.25) is 0 Å². The maximum Gasteiger partial charge on any atom is 0.319 e. The molecule has 128 valence electrons. The summed E-state index contributed by atoms with van der Waals surface area (Å²) >= 11 is 0. The lowest BCUT2D eigenvalue weighted by Gasteiger charge is -2.20. The summed E-state index contributed by atoms with van der Waals surface area (Å²) in [4.78, 5) is 12.2. The maximum absolute atomic E-state index is 12.2. The molecule has 3 rings (SSSR count). The van der Waals surface area contributed by atoms with Gasteiger partial charge in [0.05, 0.1) is 18.4 Å². The van der Waals surface area contributed by atoms with Crippen molar-refractivity contribution in [1.29, 1.82) is 0 Å². The minimum Gasteiger partial charge on any atom is -0.335 e. The van der Waals surface area contributed by atoms with Gasteiger partial charge in [-0.15, -0.1) is 0 Å². The van der Waals surface area contributed by atoms with Crippen molar-refractivity contribution in [3.8, 4) is 0 Å². The minimum atomic E-state index is -0.125. The van der Waals surface area contributed by atoms with Crippen LogP contribution >= 0.6 is 0 Å². The molecular formula is C19H26N4O. The van der Waals surface area contributed by atoms with Crippen molar-refractivity contribution in [2.24, 2.45) is 0 Å². The van der Waals surface area contributed by atoms with Crippen LogP contribution in [0.4, 0.5) is 10.5 Å². The van der Waals surface area contributed by atoms with Crippen LogP contribution < -0.4 is 10.6 Å². The van der Waals surface area contributed by atoms with E-state index in [1.165, 1.54) is 37.7 Å². The van der Waals surface area contributed by atoms with Crippen molar-refractivity contribution in [2.45, 2.75) is 57.5 Å². The first-order chi connectivity index (χ1) is 11.8. The molecule has 1 aliphatic rings. The largest absolute Gasteiger partial charge is 0.335 e. The zero-order chi connectivity index (χ0) is 16.6. The molecule has 0 aliphatic heterocycles. The van der Waals surface area contributed by atoms with Gasteiger partial charge in [-0.05, 0) is 18.4 Å². The number of nitrogens with zero attached hydrogens (tertiary/aromatic N) is 2. The molecule has 5 heteroatoms. The molecule has 5 nitrogen and oxygen atoms in total. The van der Waals surface area contributed by atoms with Crippen LogP contribution in [0.15, 0.2) is 42.7 Å². The predicted octanol–water partition coefficient (Wildman–Crippen LogP) is 4.17. The van der Waals surface area contributed by atoms with E-state index in [1.54, 1.807) is 6.20 Å². The third-order valence-corrected chi connectivity index (χ3v) is 4.52. The number of nitrogens with one attached hydrogen (secondary N) is 2. The summed E-state index contributed by atoms with van der Waals surface area (Å²) in [6.07, 6.45) is 12.0. The van der Waals surface area contributed by atoms with Gasteiger partial charge in [0.1, 0.15) is 0 Å². The van der Waals surface area contributed by atoms with Crippen molar-refractivity contribution in [1.82, 2.24) is 15.1 Å². The molecule has 0 bridgehead atoms. The number of aromatic nitrogens is 2. The molecule has 0 atom stereocenters. The summed E-state index contributed by atoms with van der Waals surface area (Å²) in [7, 11) is 0. The Bertz CT molecular complexity index is 630. The molecule has 1 aromatic heterocycles. The summed E-state index contributed by atoms with van der Waals surface area (Å²) in [5, 5.41) is 10.3. The molecule has 0 unspecified atom stereocenters.